The van der Waals surface area contributed by atoms with Crippen LogP contribution in [0.3, 0.4) is 0 Å². The second-order valence-corrected chi connectivity index (χ2v) is 4.98. The summed E-state index contributed by atoms with van der Waals surface area (Å²) in [5.41, 5.74) is 0.750. The van der Waals surface area contributed by atoms with E-state index < -0.39 is 6.10 Å². The standard InChI is InChI=1S/C12H13ClO2/c13-8-2-3-11-9(6-8)10(14)7-12(15-11)4-1-5-12/h2-3,6,10,14H,1,4-5,7H2/t10-/m0/s1. The van der Waals surface area contributed by atoms with Crippen LogP contribution in [0.15, 0.2) is 18.2 Å². The van der Waals surface area contributed by atoms with Crippen LogP contribution in [0.2, 0.25) is 5.02 Å². The molecule has 2 aliphatic rings. The van der Waals surface area contributed by atoms with Gasteiger partial charge in [-0.3, -0.25) is 0 Å². The van der Waals surface area contributed by atoms with Gasteiger partial charge >= 0.3 is 0 Å². The van der Waals surface area contributed by atoms with E-state index in [-0.39, 0.29) is 5.60 Å². The third kappa shape index (κ3) is 1.44. The van der Waals surface area contributed by atoms with Crippen LogP contribution in [-0.4, -0.2) is 10.7 Å². The molecule has 3 rings (SSSR count). The lowest BCUT2D eigenvalue weighted by Gasteiger charge is -2.46. The van der Waals surface area contributed by atoms with E-state index in [4.69, 9.17) is 16.3 Å². The zero-order chi connectivity index (χ0) is 10.5. The van der Waals surface area contributed by atoms with Gasteiger partial charge in [-0.15, -0.1) is 0 Å². The van der Waals surface area contributed by atoms with E-state index in [9.17, 15) is 5.11 Å². The predicted octanol–water partition coefficient (Wildman–Crippen LogP) is 3.08. The smallest absolute Gasteiger partial charge is 0.126 e. The molecule has 0 radical (unpaired) electrons. The molecule has 1 fully saturated rings. The Morgan fingerprint density at radius 3 is 2.87 bits per heavy atom. The summed E-state index contributed by atoms with van der Waals surface area (Å²) in [5, 5.41) is 10.7. The molecule has 0 bridgehead atoms. The number of fused-ring (bicyclic) bond motifs is 1. The minimum absolute atomic E-state index is 0.0831. The number of hydrogen-bond donors (Lipinski definition) is 1. The number of aliphatic hydroxyl groups excluding tert-OH is 1. The highest BCUT2D eigenvalue weighted by atomic mass is 35.5. The highest BCUT2D eigenvalue weighted by Crippen LogP contribution is 2.49. The van der Waals surface area contributed by atoms with Gasteiger partial charge in [0.25, 0.3) is 0 Å². The van der Waals surface area contributed by atoms with Crippen LogP contribution in [0.1, 0.15) is 37.4 Å². The van der Waals surface area contributed by atoms with Crippen molar-refractivity contribution in [1.82, 2.24) is 0 Å². The second-order valence-electron chi connectivity index (χ2n) is 4.54. The van der Waals surface area contributed by atoms with Crippen LogP contribution in [-0.2, 0) is 0 Å². The average molecular weight is 225 g/mol. The highest BCUT2D eigenvalue weighted by Gasteiger charge is 2.45. The van der Waals surface area contributed by atoms with Crippen molar-refractivity contribution < 1.29 is 9.84 Å². The summed E-state index contributed by atoms with van der Waals surface area (Å²) in [7, 11) is 0. The summed E-state index contributed by atoms with van der Waals surface area (Å²) in [6.45, 7) is 0. The SMILES string of the molecule is O[C@H]1CC2(CCC2)Oc2ccc(Cl)cc21. The molecule has 1 aliphatic carbocycles. The van der Waals surface area contributed by atoms with Gasteiger partial charge in [0.15, 0.2) is 0 Å². The molecule has 1 aromatic carbocycles. The first-order valence-electron chi connectivity index (χ1n) is 5.35. The fourth-order valence-corrected chi connectivity index (χ4v) is 2.67. The fourth-order valence-electron chi connectivity index (χ4n) is 2.49. The van der Waals surface area contributed by atoms with Crippen molar-refractivity contribution in [2.75, 3.05) is 0 Å². The van der Waals surface area contributed by atoms with Crippen LogP contribution < -0.4 is 4.74 Å². The lowest BCUT2D eigenvalue weighted by atomic mass is 9.73. The lowest BCUT2D eigenvalue weighted by molar-refractivity contribution is -0.0663. The van der Waals surface area contributed by atoms with Gasteiger partial charge in [-0.1, -0.05) is 11.6 Å². The molecule has 1 spiro atoms. The Balaban J connectivity index is 2.01. The van der Waals surface area contributed by atoms with Gasteiger partial charge < -0.3 is 9.84 Å². The summed E-state index contributed by atoms with van der Waals surface area (Å²) in [6.07, 6.45) is 3.61. The Bertz CT molecular complexity index is 399. The summed E-state index contributed by atoms with van der Waals surface area (Å²) in [5.74, 6) is 0.804. The zero-order valence-electron chi connectivity index (χ0n) is 8.37. The molecule has 1 N–H and O–H groups in total. The summed E-state index contributed by atoms with van der Waals surface area (Å²) in [6, 6.07) is 5.47. The number of hydrogen-bond acceptors (Lipinski definition) is 2. The molecule has 1 aliphatic heterocycles. The molecule has 1 saturated carbocycles. The van der Waals surface area contributed by atoms with Gasteiger partial charge in [0.05, 0.1) is 6.10 Å². The topological polar surface area (TPSA) is 29.5 Å². The molecule has 3 heteroatoms. The number of rotatable bonds is 0. The zero-order valence-corrected chi connectivity index (χ0v) is 9.13. The summed E-state index contributed by atoms with van der Waals surface area (Å²) in [4.78, 5) is 0. The van der Waals surface area contributed by atoms with Crippen LogP contribution in [0.25, 0.3) is 0 Å². The molecular weight excluding hydrogens is 212 g/mol. The molecular formula is C12H13ClO2. The molecule has 0 unspecified atom stereocenters. The summed E-state index contributed by atoms with van der Waals surface area (Å²) < 4.78 is 5.96. The van der Waals surface area contributed by atoms with E-state index in [0.717, 1.165) is 24.2 Å². The third-order valence-electron chi connectivity index (χ3n) is 3.49. The molecule has 1 aromatic rings. The maximum Gasteiger partial charge on any atom is 0.126 e. The van der Waals surface area contributed by atoms with Crippen LogP contribution in [0.5, 0.6) is 5.75 Å². The van der Waals surface area contributed by atoms with Gasteiger partial charge in [0.2, 0.25) is 0 Å². The Morgan fingerprint density at radius 1 is 1.40 bits per heavy atom. The lowest BCUT2D eigenvalue weighted by Crippen LogP contribution is -2.46. The van der Waals surface area contributed by atoms with Crippen LogP contribution in [0.4, 0.5) is 0 Å². The molecule has 1 heterocycles. The Labute approximate surface area is 93.8 Å². The molecule has 0 aromatic heterocycles. The van der Waals surface area contributed by atoms with Crippen molar-refractivity contribution in [2.45, 2.75) is 37.4 Å². The van der Waals surface area contributed by atoms with E-state index in [1.165, 1.54) is 6.42 Å². The predicted molar refractivity (Wildman–Crippen MR) is 58.2 cm³/mol. The number of ether oxygens (including phenoxy) is 1. The maximum absolute atomic E-state index is 10.0. The largest absolute Gasteiger partial charge is 0.487 e. The molecule has 80 valence electrons. The van der Waals surface area contributed by atoms with Gasteiger partial charge in [-0.2, -0.15) is 0 Å². The van der Waals surface area contributed by atoms with Crippen molar-refractivity contribution >= 4 is 11.6 Å². The second kappa shape index (κ2) is 3.13. The Kier molecular flexibility index (Phi) is 1.98. The number of aliphatic hydroxyl groups is 1. The van der Waals surface area contributed by atoms with Crippen LogP contribution in [0, 0.1) is 0 Å². The monoisotopic (exact) mass is 224 g/mol. The first-order valence-corrected chi connectivity index (χ1v) is 5.73. The molecule has 0 saturated heterocycles. The number of halogens is 1. The van der Waals surface area contributed by atoms with Gasteiger partial charge in [-0.05, 0) is 37.5 Å². The summed E-state index contributed by atoms with van der Waals surface area (Å²) >= 11 is 5.89. The minimum Gasteiger partial charge on any atom is -0.487 e. The van der Waals surface area contributed by atoms with E-state index in [1.54, 1.807) is 6.07 Å². The first kappa shape index (κ1) is 9.49. The molecule has 0 amide bonds. The van der Waals surface area contributed by atoms with E-state index in [1.807, 2.05) is 12.1 Å². The molecule has 2 nitrogen and oxygen atoms in total. The van der Waals surface area contributed by atoms with Crippen molar-refractivity contribution in [2.24, 2.45) is 0 Å². The normalized spacial score (nSPS) is 26.7. The highest BCUT2D eigenvalue weighted by molar-refractivity contribution is 6.30. The Morgan fingerprint density at radius 2 is 2.20 bits per heavy atom. The average Bonchev–Trinajstić information content (AvgIpc) is 2.16. The quantitative estimate of drug-likeness (QED) is 0.734. The van der Waals surface area contributed by atoms with Crippen molar-refractivity contribution in [3.8, 4) is 5.75 Å². The van der Waals surface area contributed by atoms with Crippen LogP contribution >= 0.6 is 11.6 Å². The molecule has 15 heavy (non-hydrogen) atoms. The van der Waals surface area contributed by atoms with E-state index >= 15 is 0 Å². The van der Waals surface area contributed by atoms with Crippen molar-refractivity contribution in [3.63, 3.8) is 0 Å². The van der Waals surface area contributed by atoms with Gasteiger partial charge in [-0.25, -0.2) is 0 Å². The fraction of sp³-hybridized carbons (Fsp3) is 0.500. The maximum atomic E-state index is 10.0. The first-order chi connectivity index (χ1) is 7.19. The van der Waals surface area contributed by atoms with E-state index in [0.29, 0.717) is 11.4 Å². The van der Waals surface area contributed by atoms with Gasteiger partial charge in [0, 0.05) is 17.0 Å². The minimum atomic E-state index is -0.423. The van der Waals surface area contributed by atoms with E-state index in [2.05, 4.69) is 0 Å². The van der Waals surface area contributed by atoms with Gasteiger partial charge in [0.1, 0.15) is 11.4 Å². The molecule has 1 atom stereocenters. The number of benzene rings is 1. The van der Waals surface area contributed by atoms with Crippen molar-refractivity contribution in [3.05, 3.63) is 28.8 Å². The third-order valence-corrected chi connectivity index (χ3v) is 3.72. The van der Waals surface area contributed by atoms with Crippen molar-refractivity contribution in [1.29, 1.82) is 0 Å². The Hall–Kier alpha value is -0.730.